The third kappa shape index (κ3) is 5.14. The maximum atomic E-state index is 5.15. The quantitative estimate of drug-likeness (QED) is 0.171. The molecule has 0 unspecified atom stereocenters. The smallest absolute Gasteiger partial charge is 0.0900 e. The fourth-order valence-corrected chi connectivity index (χ4v) is 8.35. The van der Waals surface area contributed by atoms with Gasteiger partial charge in [0.25, 0.3) is 0 Å². The summed E-state index contributed by atoms with van der Waals surface area (Å²) in [5.41, 5.74) is 11.0. The highest BCUT2D eigenvalue weighted by atomic mass is 32.1. The first-order valence-electron chi connectivity index (χ1n) is 17.0. The summed E-state index contributed by atoms with van der Waals surface area (Å²) in [5.74, 6) is 0. The monoisotopic (exact) mass is 668 g/mol. The topological polar surface area (TPSA) is 51.6 Å². The van der Waals surface area contributed by atoms with E-state index in [2.05, 4.69) is 131 Å². The molecule has 0 amide bonds. The van der Waals surface area contributed by atoms with Crippen molar-refractivity contribution >= 4 is 53.2 Å². The van der Waals surface area contributed by atoms with Crippen LogP contribution < -0.4 is 0 Å². The average Bonchev–Trinajstić information content (AvgIpc) is 3.59. The minimum Gasteiger partial charge on any atom is -0.255 e. The molecule has 0 N–H and O–H groups in total. The van der Waals surface area contributed by atoms with Crippen LogP contribution in [0, 0.1) is 0 Å². The molecule has 5 heterocycles. The molecule has 10 aromatic rings. The Hall–Kier alpha value is -6.56. The van der Waals surface area contributed by atoms with Crippen molar-refractivity contribution in [2.24, 2.45) is 0 Å². The van der Waals surface area contributed by atoms with Crippen LogP contribution in [0.2, 0.25) is 0 Å². The number of benzene rings is 5. The van der Waals surface area contributed by atoms with Crippen LogP contribution in [0.15, 0.2) is 170 Å². The molecular weight excluding hydrogens is 641 g/mol. The number of aromatic nitrogens is 4. The summed E-state index contributed by atoms with van der Waals surface area (Å²) in [6.07, 6.45) is 3.60. The standard InChI is InChI=1S/C46H28N4S/c1-2-10-31(11-3-1)45-36-22-21-34-37-26-32(20-23-43(37)51-46(34)44(36)35-12-4-5-13-38(35)50-45)29-16-18-30(19-17-29)33-27-41(39-14-6-8-24-47-39)49-42(28-33)40-15-7-9-25-48-40/h1-28H. The van der Waals surface area contributed by atoms with E-state index in [9.17, 15) is 0 Å². The number of rotatable bonds is 5. The van der Waals surface area contributed by atoms with Crippen LogP contribution in [-0.2, 0) is 0 Å². The van der Waals surface area contributed by atoms with Crippen molar-refractivity contribution in [2.45, 2.75) is 0 Å². The van der Waals surface area contributed by atoms with Gasteiger partial charge < -0.3 is 0 Å². The molecule has 5 heteroatoms. The van der Waals surface area contributed by atoms with Gasteiger partial charge in [-0.3, -0.25) is 9.97 Å². The molecule has 0 aliphatic rings. The summed E-state index contributed by atoms with van der Waals surface area (Å²) in [5, 5.41) is 6.19. The number of hydrogen-bond acceptors (Lipinski definition) is 5. The van der Waals surface area contributed by atoms with Gasteiger partial charge in [-0.2, -0.15) is 0 Å². The molecule has 0 aliphatic carbocycles. The molecule has 0 spiro atoms. The van der Waals surface area contributed by atoms with E-state index in [0.29, 0.717) is 0 Å². The molecule has 238 valence electrons. The molecule has 5 aromatic carbocycles. The Balaban J connectivity index is 1.08. The van der Waals surface area contributed by atoms with Gasteiger partial charge in [0.15, 0.2) is 0 Å². The fourth-order valence-electron chi connectivity index (χ4n) is 7.11. The molecule has 51 heavy (non-hydrogen) atoms. The van der Waals surface area contributed by atoms with Crippen molar-refractivity contribution in [2.75, 3.05) is 0 Å². The van der Waals surface area contributed by atoms with E-state index < -0.39 is 0 Å². The van der Waals surface area contributed by atoms with Crippen molar-refractivity contribution in [3.05, 3.63) is 170 Å². The summed E-state index contributed by atoms with van der Waals surface area (Å²) >= 11 is 1.87. The number of hydrogen-bond donors (Lipinski definition) is 0. The second kappa shape index (κ2) is 12.1. The number of pyridine rings is 4. The third-order valence-corrected chi connectivity index (χ3v) is 10.8. The summed E-state index contributed by atoms with van der Waals surface area (Å²) < 4.78 is 2.58. The molecule has 0 bridgehead atoms. The highest BCUT2D eigenvalue weighted by Gasteiger charge is 2.17. The van der Waals surface area contributed by atoms with Gasteiger partial charge in [-0.05, 0) is 76.9 Å². The Labute approximate surface area is 298 Å². The molecule has 10 rings (SSSR count). The molecule has 4 nitrogen and oxygen atoms in total. The Kier molecular flexibility index (Phi) is 6.96. The Morgan fingerprint density at radius 2 is 1.00 bits per heavy atom. The van der Waals surface area contributed by atoms with Crippen LogP contribution in [0.4, 0.5) is 0 Å². The van der Waals surface area contributed by atoms with Gasteiger partial charge >= 0.3 is 0 Å². The second-order valence-electron chi connectivity index (χ2n) is 12.7. The minimum atomic E-state index is 0.819. The number of thiophene rings is 1. The zero-order valence-electron chi connectivity index (χ0n) is 27.4. The van der Waals surface area contributed by atoms with Crippen LogP contribution in [-0.4, -0.2) is 19.9 Å². The van der Waals surface area contributed by atoms with Crippen LogP contribution in [0.25, 0.3) is 98.1 Å². The van der Waals surface area contributed by atoms with Gasteiger partial charge in [-0.1, -0.05) is 103 Å². The molecule has 0 atom stereocenters. The summed E-state index contributed by atoms with van der Waals surface area (Å²) in [4.78, 5) is 19.3. The first kappa shape index (κ1) is 29.4. The first-order chi connectivity index (χ1) is 25.3. The number of fused-ring (bicyclic) bond motifs is 7. The number of nitrogens with zero attached hydrogens (tertiary/aromatic N) is 4. The normalized spacial score (nSPS) is 11.5. The van der Waals surface area contributed by atoms with Gasteiger partial charge in [-0.25, -0.2) is 9.97 Å². The molecule has 5 aromatic heterocycles. The Bertz CT molecular complexity index is 2830. The highest BCUT2D eigenvalue weighted by Crippen LogP contribution is 2.44. The maximum absolute atomic E-state index is 5.15. The van der Waals surface area contributed by atoms with E-state index in [1.54, 1.807) is 12.4 Å². The summed E-state index contributed by atoms with van der Waals surface area (Å²) in [6, 6.07) is 55.3. The molecule has 0 radical (unpaired) electrons. The first-order valence-corrected chi connectivity index (χ1v) is 17.8. The zero-order chi connectivity index (χ0) is 33.7. The molecule has 0 saturated heterocycles. The van der Waals surface area contributed by atoms with Crippen molar-refractivity contribution in [3.8, 4) is 56.3 Å². The van der Waals surface area contributed by atoms with Crippen LogP contribution in [0.5, 0.6) is 0 Å². The lowest BCUT2D eigenvalue weighted by molar-refractivity contribution is 1.22. The fraction of sp³-hybridized carbons (Fsp3) is 0. The predicted octanol–water partition coefficient (Wildman–Crippen LogP) is 12.3. The SMILES string of the molecule is c1ccc(-c2nc3ccccc3c3c2ccc2c4cc(-c5ccc(-c6cc(-c7ccccn7)nc(-c7ccccn7)c6)cc5)ccc4sc23)cc1. The van der Waals surface area contributed by atoms with Gasteiger partial charge in [0.2, 0.25) is 0 Å². The van der Waals surface area contributed by atoms with Crippen molar-refractivity contribution < 1.29 is 0 Å². The molecule has 0 fully saturated rings. The van der Waals surface area contributed by atoms with Crippen LogP contribution in [0.3, 0.4) is 0 Å². The van der Waals surface area contributed by atoms with Gasteiger partial charge in [0.1, 0.15) is 0 Å². The van der Waals surface area contributed by atoms with Gasteiger partial charge in [0, 0.05) is 54.3 Å². The van der Waals surface area contributed by atoms with Crippen molar-refractivity contribution in [1.82, 2.24) is 19.9 Å². The van der Waals surface area contributed by atoms with Crippen LogP contribution in [0.1, 0.15) is 0 Å². The minimum absolute atomic E-state index is 0.819. The highest BCUT2D eigenvalue weighted by molar-refractivity contribution is 7.26. The number of para-hydroxylation sites is 1. The lowest BCUT2D eigenvalue weighted by Crippen LogP contribution is -1.93. The molecule has 0 saturated carbocycles. The lowest BCUT2D eigenvalue weighted by Gasteiger charge is -2.11. The largest absolute Gasteiger partial charge is 0.255 e. The lowest BCUT2D eigenvalue weighted by atomic mass is 9.96. The van der Waals surface area contributed by atoms with Crippen LogP contribution >= 0.6 is 11.3 Å². The van der Waals surface area contributed by atoms with E-state index >= 15 is 0 Å². The summed E-state index contributed by atoms with van der Waals surface area (Å²) in [7, 11) is 0. The third-order valence-electron chi connectivity index (χ3n) is 9.58. The van der Waals surface area contributed by atoms with E-state index in [0.717, 1.165) is 50.7 Å². The predicted molar refractivity (Wildman–Crippen MR) is 213 cm³/mol. The Morgan fingerprint density at radius 3 is 1.71 bits per heavy atom. The second-order valence-corrected chi connectivity index (χ2v) is 13.7. The van der Waals surface area contributed by atoms with E-state index in [1.807, 2.05) is 47.7 Å². The van der Waals surface area contributed by atoms with Gasteiger partial charge in [-0.15, -0.1) is 11.3 Å². The van der Waals surface area contributed by atoms with E-state index in [4.69, 9.17) is 9.97 Å². The maximum Gasteiger partial charge on any atom is 0.0900 e. The van der Waals surface area contributed by atoms with Crippen molar-refractivity contribution in [1.29, 1.82) is 0 Å². The Morgan fingerprint density at radius 1 is 0.373 bits per heavy atom. The average molecular weight is 669 g/mol. The van der Waals surface area contributed by atoms with Crippen molar-refractivity contribution in [3.63, 3.8) is 0 Å². The van der Waals surface area contributed by atoms with E-state index in [-0.39, 0.29) is 0 Å². The molecular formula is C46H28N4S. The summed E-state index contributed by atoms with van der Waals surface area (Å²) in [6.45, 7) is 0. The van der Waals surface area contributed by atoms with E-state index in [1.165, 1.54) is 47.5 Å². The molecule has 0 aliphatic heterocycles. The zero-order valence-corrected chi connectivity index (χ0v) is 28.2. The van der Waals surface area contributed by atoms with Gasteiger partial charge in [0.05, 0.1) is 34.0 Å².